The quantitative estimate of drug-likeness (QED) is 0.530. The second-order valence-corrected chi connectivity index (χ2v) is 8.42. The molecule has 0 saturated carbocycles. The molecule has 0 spiro atoms. The number of carbonyl (C=O) groups is 1. The lowest BCUT2D eigenvalue weighted by atomic mass is 10.1. The van der Waals surface area contributed by atoms with E-state index in [1.165, 1.54) is 22.9 Å². The van der Waals surface area contributed by atoms with Crippen LogP contribution in [0.15, 0.2) is 59.8 Å². The van der Waals surface area contributed by atoms with Gasteiger partial charge in [-0.15, -0.1) is 10.2 Å². The molecule has 29 heavy (non-hydrogen) atoms. The summed E-state index contributed by atoms with van der Waals surface area (Å²) in [6, 6.07) is 18.4. The van der Waals surface area contributed by atoms with Gasteiger partial charge in [0, 0.05) is 18.7 Å². The number of thioether (sulfide) groups is 1. The number of aryl methyl sites for hydroxylation is 1. The Kier molecular flexibility index (Phi) is 7.47. The smallest absolute Gasteiger partial charge is 0.233 e. The van der Waals surface area contributed by atoms with Crippen molar-refractivity contribution < 1.29 is 4.79 Å². The summed E-state index contributed by atoms with van der Waals surface area (Å²) < 4.78 is 2.12. The Morgan fingerprint density at radius 2 is 1.93 bits per heavy atom. The number of amides is 1. The standard InChI is InChI=1S/C23H28N4OS/c1-4-15-27-21(20-12-8-9-17(2)16-20)25-26-23(27)29-18(3)22(28)24-14-13-19-10-6-5-7-11-19/h5-12,16,18H,4,13-15H2,1-3H3,(H,24,28). The van der Waals surface area contributed by atoms with Gasteiger partial charge in [-0.05, 0) is 38.3 Å². The van der Waals surface area contributed by atoms with E-state index in [1.807, 2.05) is 31.2 Å². The Hall–Kier alpha value is -2.60. The number of benzene rings is 2. The molecule has 3 aromatic rings. The minimum absolute atomic E-state index is 0.0223. The van der Waals surface area contributed by atoms with Crippen molar-refractivity contribution in [2.24, 2.45) is 0 Å². The highest BCUT2D eigenvalue weighted by Crippen LogP contribution is 2.27. The molecule has 1 atom stereocenters. The zero-order valence-electron chi connectivity index (χ0n) is 17.3. The molecule has 1 heterocycles. The van der Waals surface area contributed by atoms with Crippen molar-refractivity contribution in [1.29, 1.82) is 0 Å². The van der Waals surface area contributed by atoms with Gasteiger partial charge in [0.15, 0.2) is 11.0 Å². The summed E-state index contributed by atoms with van der Waals surface area (Å²) in [7, 11) is 0. The summed E-state index contributed by atoms with van der Waals surface area (Å²) in [4.78, 5) is 12.5. The predicted octanol–water partition coefficient (Wildman–Crippen LogP) is 4.50. The van der Waals surface area contributed by atoms with Crippen molar-refractivity contribution in [2.45, 2.75) is 50.6 Å². The van der Waals surface area contributed by atoms with E-state index < -0.39 is 0 Å². The normalized spacial score (nSPS) is 12.0. The van der Waals surface area contributed by atoms with Gasteiger partial charge in [-0.2, -0.15) is 0 Å². The first kappa shape index (κ1) is 21.1. The topological polar surface area (TPSA) is 59.8 Å². The summed E-state index contributed by atoms with van der Waals surface area (Å²) in [5.74, 6) is 0.879. The van der Waals surface area contributed by atoms with E-state index in [2.05, 4.69) is 64.3 Å². The molecule has 1 N–H and O–H groups in total. The van der Waals surface area contributed by atoms with Crippen LogP contribution in [0.3, 0.4) is 0 Å². The van der Waals surface area contributed by atoms with Crippen LogP contribution in [0.5, 0.6) is 0 Å². The first-order chi connectivity index (χ1) is 14.1. The zero-order valence-corrected chi connectivity index (χ0v) is 18.1. The molecule has 0 bridgehead atoms. The first-order valence-corrected chi connectivity index (χ1v) is 10.9. The molecule has 1 unspecified atom stereocenters. The Morgan fingerprint density at radius 1 is 1.14 bits per heavy atom. The van der Waals surface area contributed by atoms with Crippen molar-refractivity contribution in [3.63, 3.8) is 0 Å². The second kappa shape index (κ2) is 10.3. The van der Waals surface area contributed by atoms with E-state index >= 15 is 0 Å². The Bertz CT molecular complexity index is 939. The second-order valence-electron chi connectivity index (χ2n) is 7.11. The van der Waals surface area contributed by atoms with Crippen LogP contribution in [0.1, 0.15) is 31.4 Å². The molecule has 3 rings (SSSR count). The van der Waals surface area contributed by atoms with Crippen LogP contribution in [0.4, 0.5) is 0 Å². The number of aromatic nitrogens is 3. The summed E-state index contributed by atoms with van der Waals surface area (Å²) in [5.41, 5.74) is 3.46. The summed E-state index contributed by atoms with van der Waals surface area (Å²) in [6.45, 7) is 7.57. The maximum absolute atomic E-state index is 12.5. The number of hydrogen-bond donors (Lipinski definition) is 1. The highest BCUT2D eigenvalue weighted by atomic mass is 32.2. The van der Waals surface area contributed by atoms with E-state index in [0.29, 0.717) is 6.54 Å². The van der Waals surface area contributed by atoms with Crippen LogP contribution in [-0.4, -0.2) is 32.5 Å². The van der Waals surface area contributed by atoms with E-state index in [0.717, 1.165) is 35.9 Å². The van der Waals surface area contributed by atoms with Crippen LogP contribution in [0.25, 0.3) is 11.4 Å². The van der Waals surface area contributed by atoms with Crippen molar-refractivity contribution in [1.82, 2.24) is 20.1 Å². The van der Waals surface area contributed by atoms with Crippen LogP contribution < -0.4 is 5.32 Å². The molecule has 0 aliphatic heterocycles. The van der Waals surface area contributed by atoms with Gasteiger partial charge in [-0.1, -0.05) is 72.8 Å². The third kappa shape index (κ3) is 5.70. The van der Waals surface area contributed by atoms with E-state index in [4.69, 9.17) is 0 Å². The fraction of sp³-hybridized carbons (Fsp3) is 0.348. The summed E-state index contributed by atoms with van der Waals surface area (Å²) >= 11 is 1.46. The van der Waals surface area contributed by atoms with Gasteiger partial charge in [0.1, 0.15) is 0 Å². The van der Waals surface area contributed by atoms with Gasteiger partial charge >= 0.3 is 0 Å². The molecule has 1 amide bonds. The molecule has 6 heteroatoms. The maximum atomic E-state index is 12.5. The average Bonchev–Trinajstić information content (AvgIpc) is 3.11. The lowest BCUT2D eigenvalue weighted by molar-refractivity contribution is -0.120. The lowest BCUT2D eigenvalue weighted by Gasteiger charge is -2.13. The highest BCUT2D eigenvalue weighted by Gasteiger charge is 2.20. The molecule has 152 valence electrons. The number of nitrogens with one attached hydrogen (secondary N) is 1. The lowest BCUT2D eigenvalue weighted by Crippen LogP contribution is -2.32. The Balaban J connectivity index is 1.64. The van der Waals surface area contributed by atoms with Gasteiger partial charge in [0.2, 0.25) is 5.91 Å². The van der Waals surface area contributed by atoms with Crippen molar-refractivity contribution in [2.75, 3.05) is 6.54 Å². The zero-order chi connectivity index (χ0) is 20.6. The Morgan fingerprint density at radius 3 is 2.66 bits per heavy atom. The molecule has 0 saturated heterocycles. The summed E-state index contributed by atoms with van der Waals surface area (Å²) in [6.07, 6.45) is 1.80. The molecule has 0 radical (unpaired) electrons. The number of hydrogen-bond acceptors (Lipinski definition) is 4. The fourth-order valence-electron chi connectivity index (χ4n) is 3.13. The largest absolute Gasteiger partial charge is 0.355 e. The molecule has 0 aliphatic rings. The van der Waals surface area contributed by atoms with Gasteiger partial charge in [0.05, 0.1) is 5.25 Å². The molecule has 1 aromatic heterocycles. The fourth-order valence-corrected chi connectivity index (χ4v) is 4.03. The summed E-state index contributed by atoms with van der Waals surface area (Å²) in [5, 5.41) is 12.4. The number of nitrogens with zero attached hydrogens (tertiary/aromatic N) is 3. The predicted molar refractivity (Wildman–Crippen MR) is 119 cm³/mol. The minimum atomic E-state index is -0.240. The molecule has 0 fully saturated rings. The van der Waals surface area contributed by atoms with Crippen molar-refractivity contribution >= 4 is 17.7 Å². The third-order valence-electron chi connectivity index (χ3n) is 4.65. The van der Waals surface area contributed by atoms with E-state index in [1.54, 1.807) is 0 Å². The highest BCUT2D eigenvalue weighted by molar-refractivity contribution is 8.00. The Labute approximate surface area is 176 Å². The third-order valence-corrected chi connectivity index (χ3v) is 5.73. The van der Waals surface area contributed by atoms with Crippen LogP contribution >= 0.6 is 11.8 Å². The molecular formula is C23H28N4OS. The number of rotatable bonds is 9. The van der Waals surface area contributed by atoms with Crippen LogP contribution in [-0.2, 0) is 17.8 Å². The van der Waals surface area contributed by atoms with E-state index in [-0.39, 0.29) is 11.2 Å². The van der Waals surface area contributed by atoms with E-state index in [9.17, 15) is 4.79 Å². The van der Waals surface area contributed by atoms with Gasteiger partial charge in [0.25, 0.3) is 0 Å². The van der Waals surface area contributed by atoms with Crippen LogP contribution in [0, 0.1) is 6.92 Å². The van der Waals surface area contributed by atoms with Crippen molar-refractivity contribution in [3.05, 3.63) is 65.7 Å². The first-order valence-electron chi connectivity index (χ1n) is 10.1. The monoisotopic (exact) mass is 408 g/mol. The van der Waals surface area contributed by atoms with Crippen LogP contribution in [0.2, 0.25) is 0 Å². The van der Waals surface area contributed by atoms with Gasteiger partial charge in [-0.25, -0.2) is 0 Å². The van der Waals surface area contributed by atoms with Gasteiger partial charge < -0.3 is 9.88 Å². The molecular weight excluding hydrogens is 380 g/mol. The van der Waals surface area contributed by atoms with Crippen molar-refractivity contribution in [3.8, 4) is 11.4 Å². The molecule has 0 aliphatic carbocycles. The SMILES string of the molecule is CCCn1c(SC(C)C(=O)NCCc2ccccc2)nnc1-c1cccc(C)c1. The van der Waals surface area contributed by atoms with Gasteiger partial charge in [-0.3, -0.25) is 4.79 Å². The molecule has 5 nitrogen and oxygen atoms in total. The average molecular weight is 409 g/mol. The number of carbonyl (C=O) groups excluding carboxylic acids is 1. The maximum Gasteiger partial charge on any atom is 0.233 e. The minimum Gasteiger partial charge on any atom is -0.355 e. The molecule has 2 aromatic carbocycles.